The van der Waals surface area contributed by atoms with Crippen LogP contribution >= 0.6 is 34.8 Å². The van der Waals surface area contributed by atoms with E-state index >= 15 is 0 Å². The first-order valence-corrected chi connectivity index (χ1v) is 13.0. The van der Waals surface area contributed by atoms with Crippen molar-refractivity contribution in [1.29, 1.82) is 0 Å². The second-order valence-electron chi connectivity index (χ2n) is 9.52. The number of carbonyl (C=O) groups excluding carboxylic acids is 1. The van der Waals surface area contributed by atoms with Crippen LogP contribution in [0.2, 0.25) is 5.02 Å². The van der Waals surface area contributed by atoms with Crippen LogP contribution in [0.1, 0.15) is 72.3 Å². The maximum Gasteiger partial charge on any atom is 0.272 e. The Labute approximate surface area is 210 Å². The van der Waals surface area contributed by atoms with Crippen molar-refractivity contribution in [3.63, 3.8) is 0 Å². The summed E-state index contributed by atoms with van der Waals surface area (Å²) in [5.74, 6) is 0.278. The molecule has 3 aliphatic carbocycles. The molecule has 1 heterocycles. The van der Waals surface area contributed by atoms with Crippen LogP contribution in [-0.2, 0) is 12.8 Å². The van der Waals surface area contributed by atoms with Crippen LogP contribution in [0.5, 0.6) is 0 Å². The van der Waals surface area contributed by atoms with Crippen LogP contribution in [0.3, 0.4) is 0 Å². The van der Waals surface area contributed by atoms with E-state index in [1.807, 2.05) is 22.9 Å². The van der Waals surface area contributed by atoms with Gasteiger partial charge in [-0.15, -0.1) is 11.6 Å². The number of nitrogens with zero attached hydrogens (tertiary/aromatic N) is 2. The van der Waals surface area contributed by atoms with E-state index in [1.165, 1.54) is 5.56 Å². The summed E-state index contributed by atoms with van der Waals surface area (Å²) in [7, 11) is 0. The Hall–Kier alpha value is -1.75. The minimum absolute atomic E-state index is 0.0700. The van der Waals surface area contributed by atoms with Gasteiger partial charge in [0.15, 0.2) is 5.69 Å². The van der Waals surface area contributed by atoms with Crippen LogP contribution in [0.25, 0.3) is 5.70 Å². The smallest absolute Gasteiger partial charge is 0.272 e. The molecule has 0 saturated heterocycles. The average molecular weight is 505 g/mol. The maximum absolute atomic E-state index is 13.2. The predicted octanol–water partition coefficient (Wildman–Crippen LogP) is 6.70. The standard InChI is InChI=1S/C26H28Cl3N3O/c1-15-12-23(22(29)14-21(15)28)32-25-17(13-16-6-8-18(27)9-7-16)4-2-3-5-20(25)24(31-32)26(33)30-19-10-11-19/h6-9,12,14-15,17,19,21H,2-5,10-11,13H2,1H3,(H,30,33). The van der Waals surface area contributed by atoms with E-state index in [1.54, 1.807) is 0 Å². The third-order valence-corrected chi connectivity index (χ3v) is 7.96. The van der Waals surface area contributed by atoms with Crippen molar-refractivity contribution in [2.75, 3.05) is 0 Å². The van der Waals surface area contributed by atoms with Gasteiger partial charge in [-0.3, -0.25) is 4.79 Å². The number of nitrogens with one attached hydrogen (secondary N) is 1. The van der Waals surface area contributed by atoms with Crippen LogP contribution in [-0.4, -0.2) is 27.1 Å². The number of carbonyl (C=O) groups is 1. The molecule has 5 rings (SSSR count). The number of benzene rings is 1. The minimum Gasteiger partial charge on any atom is -0.348 e. The highest BCUT2D eigenvalue weighted by Gasteiger charge is 2.34. The number of hydrogen-bond donors (Lipinski definition) is 1. The van der Waals surface area contributed by atoms with Gasteiger partial charge in [0.1, 0.15) is 0 Å². The van der Waals surface area contributed by atoms with Crippen molar-refractivity contribution < 1.29 is 4.79 Å². The second-order valence-corrected chi connectivity index (χ2v) is 10.9. The zero-order valence-electron chi connectivity index (χ0n) is 18.7. The van der Waals surface area contributed by atoms with E-state index in [9.17, 15) is 4.79 Å². The molecule has 3 atom stereocenters. The number of hydrogen-bond acceptors (Lipinski definition) is 2. The van der Waals surface area contributed by atoms with Crippen molar-refractivity contribution in [2.24, 2.45) is 5.92 Å². The van der Waals surface area contributed by atoms with Gasteiger partial charge in [-0.2, -0.15) is 5.10 Å². The summed E-state index contributed by atoms with van der Waals surface area (Å²) in [6, 6.07) is 8.32. The molecule has 0 radical (unpaired) electrons. The molecule has 0 bridgehead atoms. The number of amides is 1. The molecule has 4 nitrogen and oxygen atoms in total. The average Bonchev–Trinajstić information content (AvgIpc) is 3.55. The summed E-state index contributed by atoms with van der Waals surface area (Å²) >= 11 is 19.3. The topological polar surface area (TPSA) is 46.9 Å². The molecule has 1 fully saturated rings. The Morgan fingerprint density at radius 2 is 1.88 bits per heavy atom. The monoisotopic (exact) mass is 503 g/mol. The SMILES string of the molecule is CC1C=C(n2nc(C(=O)NC3CC3)c3c2C(Cc2ccc(Cl)cc2)CCCC3)C(Cl)=CC1Cl. The summed E-state index contributed by atoms with van der Waals surface area (Å²) < 4.78 is 1.95. The highest BCUT2D eigenvalue weighted by molar-refractivity contribution is 6.37. The third-order valence-electron chi connectivity index (χ3n) is 6.86. The van der Waals surface area contributed by atoms with Gasteiger partial charge in [-0.05, 0) is 68.2 Å². The molecule has 33 heavy (non-hydrogen) atoms. The molecule has 174 valence electrons. The van der Waals surface area contributed by atoms with Crippen LogP contribution < -0.4 is 5.32 Å². The first-order valence-electron chi connectivity index (χ1n) is 11.8. The van der Waals surface area contributed by atoms with Crippen molar-refractivity contribution in [1.82, 2.24) is 15.1 Å². The number of alkyl halides is 1. The summed E-state index contributed by atoms with van der Waals surface area (Å²) in [6.45, 7) is 2.07. The lowest BCUT2D eigenvalue weighted by molar-refractivity contribution is 0.0944. The van der Waals surface area contributed by atoms with Gasteiger partial charge in [0.2, 0.25) is 0 Å². The summed E-state index contributed by atoms with van der Waals surface area (Å²) in [6.07, 6.45) is 11.0. The molecular weight excluding hydrogens is 477 g/mol. The molecule has 1 aromatic carbocycles. The molecule has 1 aromatic heterocycles. The molecule has 3 aliphatic rings. The zero-order valence-corrected chi connectivity index (χ0v) is 20.9. The van der Waals surface area contributed by atoms with Gasteiger partial charge in [-0.25, -0.2) is 4.68 Å². The van der Waals surface area contributed by atoms with Gasteiger partial charge in [-0.1, -0.05) is 54.8 Å². The third kappa shape index (κ3) is 4.89. The number of halogens is 3. The lowest BCUT2D eigenvalue weighted by Crippen LogP contribution is -2.27. The predicted molar refractivity (Wildman–Crippen MR) is 135 cm³/mol. The molecule has 1 saturated carbocycles. The Morgan fingerprint density at radius 3 is 2.61 bits per heavy atom. The van der Waals surface area contributed by atoms with Gasteiger partial charge in [0.05, 0.1) is 21.8 Å². The fourth-order valence-electron chi connectivity index (χ4n) is 4.88. The van der Waals surface area contributed by atoms with Crippen molar-refractivity contribution >= 4 is 46.4 Å². The van der Waals surface area contributed by atoms with Gasteiger partial charge in [0, 0.05) is 22.5 Å². The Kier molecular flexibility index (Phi) is 6.61. The van der Waals surface area contributed by atoms with E-state index in [2.05, 4.69) is 30.4 Å². The van der Waals surface area contributed by atoms with E-state index in [0.717, 1.165) is 66.9 Å². The van der Waals surface area contributed by atoms with Crippen molar-refractivity contribution in [3.05, 3.63) is 69.0 Å². The largest absolute Gasteiger partial charge is 0.348 e. The molecule has 3 unspecified atom stereocenters. The van der Waals surface area contributed by atoms with E-state index in [-0.39, 0.29) is 29.2 Å². The van der Waals surface area contributed by atoms with Crippen LogP contribution in [0.15, 0.2) is 41.4 Å². The Bertz CT molecular complexity index is 1110. The van der Waals surface area contributed by atoms with Gasteiger partial charge < -0.3 is 5.32 Å². The molecule has 7 heteroatoms. The van der Waals surface area contributed by atoms with E-state index < -0.39 is 0 Å². The molecule has 0 spiro atoms. The first kappa shape index (κ1) is 23.0. The van der Waals surface area contributed by atoms with Crippen molar-refractivity contribution in [3.8, 4) is 0 Å². The summed E-state index contributed by atoms with van der Waals surface area (Å²) in [4.78, 5) is 13.2. The molecule has 1 N–H and O–H groups in total. The number of rotatable bonds is 5. The molecular formula is C26H28Cl3N3O. The highest BCUT2D eigenvalue weighted by atomic mass is 35.5. The summed E-state index contributed by atoms with van der Waals surface area (Å²) in [5, 5.41) is 9.20. The lowest BCUT2D eigenvalue weighted by atomic mass is 9.90. The van der Waals surface area contributed by atoms with E-state index in [0.29, 0.717) is 10.7 Å². The highest BCUT2D eigenvalue weighted by Crippen LogP contribution is 2.40. The van der Waals surface area contributed by atoms with Gasteiger partial charge >= 0.3 is 0 Å². The molecule has 1 amide bonds. The fourth-order valence-corrected chi connectivity index (χ4v) is 5.55. The number of allylic oxidation sites excluding steroid dienone is 4. The maximum atomic E-state index is 13.2. The zero-order chi connectivity index (χ0) is 23.1. The lowest BCUT2D eigenvalue weighted by Gasteiger charge is -2.24. The Morgan fingerprint density at radius 1 is 1.12 bits per heavy atom. The minimum atomic E-state index is -0.155. The molecule has 2 aromatic rings. The quantitative estimate of drug-likeness (QED) is 0.364. The number of fused-ring (bicyclic) bond motifs is 1. The van der Waals surface area contributed by atoms with Crippen LogP contribution in [0, 0.1) is 5.92 Å². The Balaban J connectivity index is 1.61. The molecule has 0 aliphatic heterocycles. The number of aromatic nitrogens is 2. The fraction of sp³-hybridized carbons (Fsp3) is 0.462. The van der Waals surface area contributed by atoms with Gasteiger partial charge in [0.25, 0.3) is 5.91 Å². The summed E-state index contributed by atoms with van der Waals surface area (Å²) in [5.41, 5.74) is 4.77. The second kappa shape index (κ2) is 9.48. The first-order chi connectivity index (χ1) is 15.9. The normalized spacial score (nSPS) is 25.0. The van der Waals surface area contributed by atoms with Crippen LogP contribution in [0.4, 0.5) is 0 Å². The van der Waals surface area contributed by atoms with Crippen molar-refractivity contribution in [2.45, 2.75) is 69.2 Å². The van der Waals surface area contributed by atoms with E-state index in [4.69, 9.17) is 39.9 Å².